The van der Waals surface area contributed by atoms with E-state index in [0.29, 0.717) is 13.1 Å². The average Bonchev–Trinajstić information content (AvgIpc) is 2.97. The molecule has 0 saturated heterocycles. The second kappa shape index (κ2) is 7.87. The van der Waals surface area contributed by atoms with Gasteiger partial charge in [0, 0.05) is 6.07 Å². The molecule has 0 radical (unpaired) electrons. The Morgan fingerprint density at radius 2 is 2.04 bits per heavy atom. The molecule has 0 aliphatic heterocycles. The van der Waals surface area contributed by atoms with Crippen LogP contribution in [-0.2, 0) is 19.6 Å². The summed E-state index contributed by atoms with van der Waals surface area (Å²) in [6.45, 7) is 5.86. The van der Waals surface area contributed by atoms with Crippen molar-refractivity contribution >= 4 is 46.1 Å². The molecule has 1 aromatic carbocycles. The first-order valence-corrected chi connectivity index (χ1v) is 9.10. The predicted molar refractivity (Wildman–Crippen MR) is 107 cm³/mol. The van der Waals surface area contributed by atoms with Gasteiger partial charge in [-0.1, -0.05) is 11.6 Å². The number of hydrogen-bond acceptors (Lipinski definition) is 7. The summed E-state index contributed by atoms with van der Waals surface area (Å²) in [5.74, 6) is 0.468. The van der Waals surface area contributed by atoms with Crippen LogP contribution >= 0.6 is 11.6 Å². The highest BCUT2D eigenvalue weighted by atomic mass is 35.5. The summed E-state index contributed by atoms with van der Waals surface area (Å²) >= 11 is 5.89. The molecular formula is C17H22ClN8O2+. The largest absolute Gasteiger partial charge is 0.478 e. The highest BCUT2D eigenvalue weighted by molar-refractivity contribution is 6.31. The van der Waals surface area contributed by atoms with Crippen LogP contribution in [0.5, 0.6) is 0 Å². The number of nitrogen functional groups attached to an aromatic ring is 2. The van der Waals surface area contributed by atoms with Crippen molar-refractivity contribution in [1.29, 1.82) is 0 Å². The van der Waals surface area contributed by atoms with Crippen LogP contribution in [0.4, 0.5) is 17.5 Å². The van der Waals surface area contributed by atoms with E-state index < -0.39 is 5.97 Å². The zero-order chi connectivity index (χ0) is 20.4. The number of carboxylic acid groups (broad SMARTS) is 1. The summed E-state index contributed by atoms with van der Waals surface area (Å²) in [5.41, 5.74) is 19.4. The Labute approximate surface area is 166 Å². The number of hydrogen-bond donors (Lipinski definition) is 5. The fourth-order valence-electron chi connectivity index (χ4n) is 3.16. The minimum absolute atomic E-state index is 0.0611. The zero-order valence-corrected chi connectivity index (χ0v) is 16.3. The number of fused-ring (bicyclic) bond motifs is 1. The van der Waals surface area contributed by atoms with E-state index in [4.69, 9.17) is 23.1 Å². The second-order valence-corrected chi connectivity index (χ2v) is 6.38. The van der Waals surface area contributed by atoms with Gasteiger partial charge in [-0.15, -0.1) is 0 Å². The van der Waals surface area contributed by atoms with Crippen molar-refractivity contribution in [2.45, 2.75) is 33.5 Å². The van der Waals surface area contributed by atoms with Gasteiger partial charge in [0.2, 0.25) is 0 Å². The third kappa shape index (κ3) is 3.51. The number of carbonyl (C=O) groups is 1. The van der Waals surface area contributed by atoms with Crippen molar-refractivity contribution in [3.05, 3.63) is 34.7 Å². The summed E-state index contributed by atoms with van der Waals surface area (Å²) in [4.78, 5) is 19.3. The molecule has 0 amide bonds. The van der Waals surface area contributed by atoms with Crippen LogP contribution in [0.15, 0.2) is 18.2 Å². The van der Waals surface area contributed by atoms with Crippen molar-refractivity contribution in [2.24, 2.45) is 0 Å². The third-order valence-electron chi connectivity index (χ3n) is 4.42. The molecule has 148 valence electrons. The maximum atomic E-state index is 11.3. The Bertz CT molecular complexity index is 1050. The first-order chi connectivity index (χ1) is 13.4. The number of rotatable bonds is 7. The number of halogens is 1. The Kier molecular flexibility index (Phi) is 5.52. The molecule has 0 fully saturated rings. The summed E-state index contributed by atoms with van der Waals surface area (Å²) in [7, 11) is 0. The van der Waals surface area contributed by atoms with E-state index in [-0.39, 0.29) is 28.2 Å². The summed E-state index contributed by atoms with van der Waals surface area (Å²) in [6, 6.07) is 5.13. The third-order valence-corrected chi connectivity index (χ3v) is 4.70. The van der Waals surface area contributed by atoms with Crippen molar-refractivity contribution < 1.29 is 14.5 Å². The van der Waals surface area contributed by atoms with Crippen LogP contribution in [0.25, 0.3) is 11.0 Å². The minimum atomic E-state index is -0.954. The van der Waals surface area contributed by atoms with E-state index >= 15 is 0 Å². The summed E-state index contributed by atoms with van der Waals surface area (Å²) in [6.07, 6.45) is 0. The fraction of sp³-hybridized carbons (Fsp3) is 0.294. The molecule has 0 aliphatic rings. The van der Waals surface area contributed by atoms with Gasteiger partial charge >= 0.3 is 5.97 Å². The normalized spacial score (nSPS) is 11.1. The number of anilines is 3. The molecule has 0 unspecified atom stereocenters. The Hall–Kier alpha value is -3.11. The maximum Gasteiger partial charge on any atom is 0.335 e. The molecule has 11 heteroatoms. The Morgan fingerprint density at radius 3 is 2.68 bits per heavy atom. The van der Waals surface area contributed by atoms with Crippen molar-refractivity contribution in [2.75, 3.05) is 16.9 Å². The Morgan fingerprint density at radius 1 is 1.29 bits per heavy atom. The standard InChI is InChI=1S/C17H21ClN8O2/c1-3-25-10-6-5-9(17(27)28)7-11(10)26(4-2)12(25)8-21-24-16-15(20)23-14(19)13(18)22-16/h5-7H,3-4,8H2,1-2H3,(H6-,19,20,21,22,23,24,27,28)/p+1. The molecule has 28 heavy (non-hydrogen) atoms. The van der Waals surface area contributed by atoms with E-state index in [2.05, 4.69) is 30.0 Å². The lowest BCUT2D eigenvalue weighted by molar-refractivity contribution is -0.676. The number of aryl methyl sites for hydroxylation is 2. The topological polar surface area (TPSA) is 148 Å². The predicted octanol–water partition coefficient (Wildman–Crippen LogP) is 1.39. The summed E-state index contributed by atoms with van der Waals surface area (Å²) in [5, 5.41) is 9.35. The molecule has 0 bridgehead atoms. The lowest BCUT2D eigenvalue weighted by Crippen LogP contribution is -2.40. The lowest BCUT2D eigenvalue weighted by atomic mass is 10.2. The van der Waals surface area contributed by atoms with Crippen molar-refractivity contribution in [1.82, 2.24) is 20.0 Å². The highest BCUT2D eigenvalue weighted by Gasteiger charge is 2.24. The molecule has 2 aromatic heterocycles. The van der Waals surface area contributed by atoms with Crippen LogP contribution in [0.3, 0.4) is 0 Å². The Balaban J connectivity index is 1.92. The molecule has 3 rings (SSSR count). The van der Waals surface area contributed by atoms with E-state index in [1.165, 1.54) is 0 Å². The molecule has 7 N–H and O–H groups in total. The van der Waals surface area contributed by atoms with Gasteiger partial charge in [0.25, 0.3) is 5.82 Å². The van der Waals surface area contributed by atoms with Gasteiger partial charge in [0.15, 0.2) is 33.6 Å². The van der Waals surface area contributed by atoms with E-state index in [1.54, 1.807) is 12.1 Å². The van der Waals surface area contributed by atoms with Crippen molar-refractivity contribution in [3.8, 4) is 0 Å². The summed E-state index contributed by atoms with van der Waals surface area (Å²) < 4.78 is 4.18. The zero-order valence-electron chi connectivity index (χ0n) is 15.5. The molecule has 0 aliphatic carbocycles. The van der Waals surface area contributed by atoms with E-state index in [9.17, 15) is 9.90 Å². The van der Waals surface area contributed by atoms with Gasteiger partial charge in [0.05, 0.1) is 18.7 Å². The number of benzene rings is 1. The number of imidazole rings is 1. The van der Waals surface area contributed by atoms with Crippen molar-refractivity contribution in [3.63, 3.8) is 0 Å². The van der Waals surface area contributed by atoms with Crippen LogP contribution in [-0.4, -0.2) is 25.6 Å². The van der Waals surface area contributed by atoms with E-state index in [0.717, 1.165) is 23.4 Å². The number of hydrazine groups is 1. The molecule has 0 spiro atoms. The van der Waals surface area contributed by atoms with Gasteiger partial charge in [0.1, 0.15) is 6.54 Å². The van der Waals surface area contributed by atoms with Gasteiger partial charge in [-0.3, -0.25) is 0 Å². The van der Waals surface area contributed by atoms with Crippen LogP contribution in [0.1, 0.15) is 30.0 Å². The lowest BCUT2D eigenvalue weighted by Gasteiger charge is -2.10. The van der Waals surface area contributed by atoms with Gasteiger partial charge in [-0.05, 0) is 26.0 Å². The number of nitrogens with two attached hydrogens (primary N) is 2. The van der Waals surface area contributed by atoms with Gasteiger partial charge in [-0.2, -0.15) is 0 Å². The molecule has 2 heterocycles. The number of aromatic carboxylic acids is 1. The monoisotopic (exact) mass is 405 g/mol. The van der Waals surface area contributed by atoms with E-state index in [1.807, 2.05) is 19.9 Å². The average molecular weight is 406 g/mol. The number of nitrogens with one attached hydrogen (secondary N) is 2. The van der Waals surface area contributed by atoms with Gasteiger partial charge < -0.3 is 22.0 Å². The molecule has 0 atom stereocenters. The molecular weight excluding hydrogens is 384 g/mol. The maximum absolute atomic E-state index is 11.3. The molecule has 3 aromatic rings. The SMILES string of the molecule is CCn1c(CNNc2nc(Cl)c(N)nc2N)[n+](CC)c2ccc(C(=O)O)cc21. The minimum Gasteiger partial charge on any atom is -0.478 e. The van der Waals surface area contributed by atoms with Crippen LogP contribution in [0, 0.1) is 0 Å². The number of carboxylic acids is 1. The van der Waals surface area contributed by atoms with Crippen LogP contribution < -0.4 is 26.9 Å². The smallest absolute Gasteiger partial charge is 0.335 e. The number of aromatic nitrogens is 4. The first kappa shape index (κ1) is 19.6. The molecule has 0 saturated carbocycles. The quantitative estimate of drug-likeness (QED) is 0.292. The fourth-order valence-corrected chi connectivity index (χ4v) is 3.29. The van der Waals surface area contributed by atoms with Gasteiger partial charge in [-0.25, -0.2) is 29.3 Å². The highest BCUT2D eigenvalue weighted by Crippen LogP contribution is 2.21. The number of nitrogens with zero attached hydrogens (tertiary/aromatic N) is 4. The van der Waals surface area contributed by atoms with Crippen LogP contribution in [0.2, 0.25) is 5.15 Å². The molecule has 10 nitrogen and oxygen atoms in total. The second-order valence-electron chi connectivity index (χ2n) is 6.03. The first-order valence-electron chi connectivity index (χ1n) is 8.72.